The zero-order valence-electron chi connectivity index (χ0n) is 13.1. The maximum absolute atomic E-state index is 12.7. The van der Waals surface area contributed by atoms with Crippen LogP contribution in [-0.4, -0.2) is 19.0 Å². The van der Waals surface area contributed by atoms with Crippen molar-refractivity contribution in [1.29, 1.82) is 0 Å². The van der Waals surface area contributed by atoms with E-state index in [1.54, 1.807) is 11.0 Å². The van der Waals surface area contributed by atoms with Crippen molar-refractivity contribution in [1.82, 2.24) is 0 Å². The van der Waals surface area contributed by atoms with E-state index in [4.69, 9.17) is 0 Å². The molecule has 4 heteroatoms. The number of aryl methyl sites for hydroxylation is 1. The van der Waals surface area contributed by atoms with Gasteiger partial charge in [0.15, 0.2) is 0 Å². The van der Waals surface area contributed by atoms with Crippen molar-refractivity contribution in [3.05, 3.63) is 71.3 Å². The number of amides is 1. The molecule has 2 aromatic rings. The van der Waals surface area contributed by atoms with Crippen molar-refractivity contribution in [2.75, 3.05) is 12.0 Å². The van der Waals surface area contributed by atoms with Crippen LogP contribution in [0.5, 0.6) is 0 Å². The third-order valence-electron chi connectivity index (χ3n) is 3.97. The molecule has 0 aromatic heterocycles. The van der Waals surface area contributed by atoms with Crippen molar-refractivity contribution in [3.63, 3.8) is 0 Å². The summed E-state index contributed by atoms with van der Waals surface area (Å²) in [5, 5.41) is 0. The molecule has 2 aromatic carbocycles. The number of fused-ring (bicyclic) bond motifs is 1. The number of nitrogens with zero attached hydrogens (tertiary/aromatic N) is 1. The van der Waals surface area contributed by atoms with Crippen LogP contribution in [-0.2, 0) is 16.0 Å². The molecule has 0 radical (unpaired) electrons. The van der Waals surface area contributed by atoms with Crippen molar-refractivity contribution in [3.8, 4) is 0 Å². The highest BCUT2D eigenvalue weighted by atomic mass is 16.5. The second-order valence-electron chi connectivity index (χ2n) is 5.56. The summed E-state index contributed by atoms with van der Waals surface area (Å²) < 4.78 is 4.67. The largest absolute Gasteiger partial charge is 0.469 e. The Balaban J connectivity index is 1.96. The summed E-state index contributed by atoms with van der Waals surface area (Å²) in [5.41, 5.74) is 4.68. The van der Waals surface area contributed by atoms with E-state index < -0.39 is 0 Å². The molecule has 4 nitrogen and oxygen atoms in total. The molecule has 0 aliphatic carbocycles. The Morgan fingerprint density at radius 2 is 1.83 bits per heavy atom. The molecule has 116 valence electrons. The summed E-state index contributed by atoms with van der Waals surface area (Å²) in [7, 11) is 1.35. The molecule has 0 saturated carbocycles. The zero-order valence-corrected chi connectivity index (χ0v) is 13.1. The van der Waals surface area contributed by atoms with Crippen LogP contribution < -0.4 is 4.90 Å². The average molecular weight is 307 g/mol. The number of carbonyl (C=O) groups excluding carboxylic acids is 2. The number of anilines is 1. The van der Waals surface area contributed by atoms with Gasteiger partial charge in [0.2, 0.25) is 0 Å². The first-order valence-corrected chi connectivity index (χ1v) is 7.31. The van der Waals surface area contributed by atoms with Crippen molar-refractivity contribution in [2.24, 2.45) is 0 Å². The standard InChI is InChI=1S/C19H17NO3/c1-12-4-7-15(8-5-12)20-13(2)16-9-6-14(11-18(21)23-3)10-17(16)19(20)22/h4-10H,2,11H2,1,3H3. The number of ether oxygens (including phenoxy) is 1. The van der Waals surface area contributed by atoms with Crippen LogP contribution in [0.1, 0.15) is 27.0 Å². The van der Waals surface area contributed by atoms with E-state index in [1.807, 2.05) is 43.3 Å². The highest BCUT2D eigenvalue weighted by molar-refractivity contribution is 6.22. The highest BCUT2D eigenvalue weighted by Gasteiger charge is 2.32. The SMILES string of the molecule is C=C1c2ccc(CC(=O)OC)cc2C(=O)N1c1ccc(C)cc1. The van der Waals surface area contributed by atoms with Gasteiger partial charge in [-0.3, -0.25) is 14.5 Å². The average Bonchev–Trinajstić information content (AvgIpc) is 2.79. The quantitative estimate of drug-likeness (QED) is 0.817. The first-order chi connectivity index (χ1) is 11.0. The van der Waals surface area contributed by atoms with E-state index in [-0.39, 0.29) is 18.3 Å². The maximum atomic E-state index is 12.7. The van der Waals surface area contributed by atoms with Gasteiger partial charge in [0.05, 0.1) is 19.2 Å². The number of methoxy groups -OCH3 is 1. The van der Waals surface area contributed by atoms with Crippen molar-refractivity contribution < 1.29 is 14.3 Å². The maximum Gasteiger partial charge on any atom is 0.309 e. The topological polar surface area (TPSA) is 46.6 Å². The minimum Gasteiger partial charge on any atom is -0.469 e. The Morgan fingerprint density at radius 3 is 2.48 bits per heavy atom. The van der Waals surface area contributed by atoms with E-state index in [1.165, 1.54) is 7.11 Å². The van der Waals surface area contributed by atoms with Crippen LogP contribution in [0.2, 0.25) is 0 Å². The fraction of sp³-hybridized carbons (Fsp3) is 0.158. The van der Waals surface area contributed by atoms with E-state index in [9.17, 15) is 9.59 Å². The molecule has 0 saturated heterocycles. The second-order valence-corrected chi connectivity index (χ2v) is 5.56. The summed E-state index contributed by atoms with van der Waals surface area (Å²) in [4.78, 5) is 25.8. The van der Waals surface area contributed by atoms with Crippen LogP contribution in [0.15, 0.2) is 49.0 Å². The lowest BCUT2D eigenvalue weighted by molar-refractivity contribution is -0.139. The van der Waals surface area contributed by atoms with Gasteiger partial charge in [-0.1, -0.05) is 36.4 Å². The van der Waals surface area contributed by atoms with Crippen LogP contribution in [0.25, 0.3) is 5.70 Å². The molecule has 0 bridgehead atoms. The molecule has 0 N–H and O–H groups in total. The molecule has 0 fully saturated rings. The number of carbonyl (C=O) groups is 2. The molecular weight excluding hydrogens is 290 g/mol. The first-order valence-electron chi connectivity index (χ1n) is 7.31. The zero-order chi connectivity index (χ0) is 16.6. The Kier molecular flexibility index (Phi) is 3.74. The fourth-order valence-electron chi connectivity index (χ4n) is 2.70. The normalized spacial score (nSPS) is 13.2. The molecule has 1 heterocycles. The van der Waals surface area contributed by atoms with Crippen LogP contribution in [0.3, 0.4) is 0 Å². The Labute approximate surface area is 135 Å². The number of esters is 1. The van der Waals surface area contributed by atoms with Crippen LogP contribution in [0.4, 0.5) is 5.69 Å². The second kappa shape index (κ2) is 5.72. The van der Waals surface area contributed by atoms with Gasteiger partial charge in [-0.15, -0.1) is 0 Å². The summed E-state index contributed by atoms with van der Waals surface area (Å²) in [6.45, 7) is 6.04. The van der Waals surface area contributed by atoms with E-state index >= 15 is 0 Å². The van der Waals surface area contributed by atoms with E-state index in [0.717, 1.165) is 22.4 Å². The molecule has 0 spiro atoms. The van der Waals surface area contributed by atoms with Gasteiger partial charge in [-0.25, -0.2) is 0 Å². The van der Waals surface area contributed by atoms with Gasteiger partial charge in [-0.05, 0) is 30.7 Å². The van der Waals surface area contributed by atoms with Crippen LogP contribution in [0, 0.1) is 6.92 Å². The lowest BCUT2D eigenvalue weighted by Crippen LogP contribution is -2.21. The highest BCUT2D eigenvalue weighted by Crippen LogP contribution is 2.36. The van der Waals surface area contributed by atoms with E-state index in [2.05, 4.69) is 11.3 Å². The first kappa shape index (κ1) is 15.0. The minimum absolute atomic E-state index is 0.124. The molecule has 1 aliphatic heterocycles. The summed E-state index contributed by atoms with van der Waals surface area (Å²) >= 11 is 0. The van der Waals surface area contributed by atoms with Crippen molar-refractivity contribution >= 4 is 23.3 Å². The van der Waals surface area contributed by atoms with Gasteiger partial charge >= 0.3 is 5.97 Å². The Morgan fingerprint density at radius 1 is 1.13 bits per heavy atom. The van der Waals surface area contributed by atoms with Gasteiger partial charge in [-0.2, -0.15) is 0 Å². The van der Waals surface area contributed by atoms with Gasteiger partial charge in [0.1, 0.15) is 0 Å². The molecule has 1 aliphatic rings. The van der Waals surface area contributed by atoms with Gasteiger partial charge in [0.25, 0.3) is 5.91 Å². The number of rotatable bonds is 3. The monoisotopic (exact) mass is 307 g/mol. The lowest BCUT2D eigenvalue weighted by Gasteiger charge is -2.17. The molecule has 0 atom stereocenters. The van der Waals surface area contributed by atoms with Gasteiger partial charge in [0, 0.05) is 16.8 Å². The predicted octanol–water partition coefficient (Wildman–Crippen LogP) is 3.34. The lowest BCUT2D eigenvalue weighted by atomic mass is 10.0. The summed E-state index contributed by atoms with van der Waals surface area (Å²) in [6, 6.07) is 13.1. The fourth-order valence-corrected chi connectivity index (χ4v) is 2.70. The number of benzene rings is 2. The predicted molar refractivity (Wildman–Crippen MR) is 89.2 cm³/mol. The molecular formula is C19H17NO3. The van der Waals surface area contributed by atoms with Crippen molar-refractivity contribution in [2.45, 2.75) is 13.3 Å². The molecule has 0 unspecified atom stereocenters. The smallest absolute Gasteiger partial charge is 0.309 e. The molecule has 3 rings (SSSR count). The molecule has 1 amide bonds. The number of hydrogen-bond acceptors (Lipinski definition) is 3. The van der Waals surface area contributed by atoms with E-state index in [0.29, 0.717) is 11.3 Å². The van der Waals surface area contributed by atoms with Gasteiger partial charge < -0.3 is 4.74 Å². The third-order valence-corrected chi connectivity index (χ3v) is 3.97. The molecule has 23 heavy (non-hydrogen) atoms. The minimum atomic E-state index is -0.329. The van der Waals surface area contributed by atoms with Crippen LogP contribution >= 0.6 is 0 Å². The Bertz CT molecular complexity index is 806. The third kappa shape index (κ3) is 2.63. The summed E-state index contributed by atoms with van der Waals surface area (Å²) in [5.74, 6) is -0.454. The number of hydrogen-bond donors (Lipinski definition) is 0. The summed E-state index contributed by atoms with van der Waals surface area (Å²) in [6.07, 6.45) is 0.147. The Hall–Kier alpha value is -2.88.